The van der Waals surface area contributed by atoms with Gasteiger partial charge in [0.15, 0.2) is 0 Å². The van der Waals surface area contributed by atoms with E-state index in [9.17, 15) is 5.11 Å². The molecule has 17 heavy (non-hydrogen) atoms. The highest BCUT2D eigenvalue weighted by Gasteiger charge is 2.24. The molecule has 1 aliphatic rings. The van der Waals surface area contributed by atoms with Crippen molar-refractivity contribution in [3.05, 3.63) is 33.8 Å². The maximum atomic E-state index is 9.48. The van der Waals surface area contributed by atoms with E-state index in [1.165, 1.54) is 0 Å². The summed E-state index contributed by atoms with van der Waals surface area (Å²) in [6, 6.07) is 5.76. The topological polar surface area (TPSA) is 32.3 Å². The molecule has 0 unspecified atom stereocenters. The first-order valence-corrected chi connectivity index (χ1v) is 6.74. The average Bonchev–Trinajstić information content (AvgIpc) is 2.57. The molecule has 1 fully saturated rings. The Labute approximate surface area is 112 Å². The molecule has 2 nitrogen and oxygen atoms in total. The SMILES string of the molecule is OC[C@H]1CCCNC[C@@H]1c1ccc(Cl)c(Cl)c1. The molecule has 1 aromatic rings. The summed E-state index contributed by atoms with van der Waals surface area (Å²) in [7, 11) is 0. The molecule has 2 atom stereocenters. The fourth-order valence-corrected chi connectivity index (χ4v) is 2.77. The van der Waals surface area contributed by atoms with Crippen LogP contribution in [-0.2, 0) is 0 Å². The van der Waals surface area contributed by atoms with Gasteiger partial charge in [0.05, 0.1) is 10.0 Å². The Bertz CT molecular complexity index is 384. The Morgan fingerprint density at radius 1 is 1.29 bits per heavy atom. The van der Waals surface area contributed by atoms with Gasteiger partial charge in [-0.15, -0.1) is 0 Å². The first kappa shape index (κ1) is 13.2. The molecule has 0 amide bonds. The number of aliphatic hydroxyl groups excluding tert-OH is 1. The van der Waals surface area contributed by atoms with E-state index < -0.39 is 0 Å². The van der Waals surface area contributed by atoms with Crippen LogP contribution in [0.3, 0.4) is 0 Å². The fourth-order valence-electron chi connectivity index (χ4n) is 2.47. The molecule has 0 saturated carbocycles. The highest BCUT2D eigenvalue weighted by atomic mass is 35.5. The number of halogens is 2. The fraction of sp³-hybridized carbons (Fsp3) is 0.538. The van der Waals surface area contributed by atoms with Gasteiger partial charge in [-0.25, -0.2) is 0 Å². The quantitative estimate of drug-likeness (QED) is 0.868. The first-order valence-electron chi connectivity index (χ1n) is 5.99. The molecule has 1 aromatic carbocycles. The molecule has 2 rings (SSSR count). The summed E-state index contributed by atoms with van der Waals surface area (Å²) in [5.74, 6) is 0.625. The molecular weight excluding hydrogens is 257 g/mol. The predicted octanol–water partition coefficient (Wildman–Crippen LogP) is 3.07. The summed E-state index contributed by atoms with van der Waals surface area (Å²) >= 11 is 12.0. The Morgan fingerprint density at radius 2 is 2.12 bits per heavy atom. The van der Waals surface area contributed by atoms with Gasteiger partial charge in [0, 0.05) is 19.1 Å². The molecule has 1 heterocycles. The summed E-state index contributed by atoms with van der Waals surface area (Å²) in [4.78, 5) is 0. The lowest BCUT2D eigenvalue weighted by atomic mass is 9.84. The zero-order chi connectivity index (χ0) is 12.3. The molecule has 1 saturated heterocycles. The van der Waals surface area contributed by atoms with Crippen molar-refractivity contribution in [2.45, 2.75) is 18.8 Å². The Balaban J connectivity index is 2.25. The minimum Gasteiger partial charge on any atom is -0.396 e. The van der Waals surface area contributed by atoms with E-state index in [-0.39, 0.29) is 6.61 Å². The van der Waals surface area contributed by atoms with Crippen molar-refractivity contribution >= 4 is 23.2 Å². The van der Waals surface area contributed by atoms with Crippen LogP contribution in [0.15, 0.2) is 18.2 Å². The van der Waals surface area contributed by atoms with Gasteiger partial charge < -0.3 is 10.4 Å². The van der Waals surface area contributed by atoms with Crippen LogP contribution in [0.5, 0.6) is 0 Å². The van der Waals surface area contributed by atoms with Gasteiger partial charge in [0.25, 0.3) is 0 Å². The molecular formula is C13H17Cl2NO. The molecule has 0 aromatic heterocycles. The molecule has 2 N–H and O–H groups in total. The second-order valence-electron chi connectivity index (χ2n) is 4.57. The molecule has 4 heteroatoms. The van der Waals surface area contributed by atoms with Crippen LogP contribution in [0, 0.1) is 5.92 Å². The third-order valence-electron chi connectivity index (χ3n) is 3.47. The number of benzene rings is 1. The largest absolute Gasteiger partial charge is 0.396 e. The molecule has 0 aliphatic carbocycles. The Morgan fingerprint density at radius 3 is 2.82 bits per heavy atom. The lowest BCUT2D eigenvalue weighted by Gasteiger charge is -2.23. The van der Waals surface area contributed by atoms with Gasteiger partial charge in [-0.3, -0.25) is 0 Å². The number of hydrogen-bond acceptors (Lipinski definition) is 2. The van der Waals surface area contributed by atoms with Crippen LogP contribution in [-0.4, -0.2) is 24.8 Å². The summed E-state index contributed by atoms with van der Waals surface area (Å²) in [5, 5.41) is 14.1. The monoisotopic (exact) mass is 273 g/mol. The predicted molar refractivity (Wildman–Crippen MR) is 71.9 cm³/mol. The minimum atomic E-state index is 0.229. The lowest BCUT2D eigenvalue weighted by Crippen LogP contribution is -2.24. The van der Waals surface area contributed by atoms with E-state index in [1.807, 2.05) is 18.2 Å². The van der Waals surface area contributed by atoms with E-state index in [0.29, 0.717) is 21.9 Å². The van der Waals surface area contributed by atoms with Crippen LogP contribution >= 0.6 is 23.2 Å². The summed E-state index contributed by atoms with van der Waals surface area (Å²) in [6.07, 6.45) is 2.16. The van der Waals surface area contributed by atoms with E-state index in [2.05, 4.69) is 5.32 Å². The Kier molecular flexibility index (Phi) is 4.69. The van der Waals surface area contributed by atoms with Crippen LogP contribution < -0.4 is 5.32 Å². The summed E-state index contributed by atoms with van der Waals surface area (Å²) in [5.41, 5.74) is 1.16. The van der Waals surface area contributed by atoms with E-state index in [0.717, 1.165) is 31.5 Å². The van der Waals surface area contributed by atoms with Gasteiger partial charge in [-0.2, -0.15) is 0 Å². The van der Waals surface area contributed by atoms with E-state index >= 15 is 0 Å². The minimum absolute atomic E-state index is 0.229. The van der Waals surface area contributed by atoms with Crippen molar-refractivity contribution in [2.24, 2.45) is 5.92 Å². The van der Waals surface area contributed by atoms with Crippen molar-refractivity contribution in [2.75, 3.05) is 19.7 Å². The maximum Gasteiger partial charge on any atom is 0.0595 e. The standard InChI is InChI=1S/C13H17Cl2NO/c14-12-4-3-9(6-13(12)15)11-7-16-5-1-2-10(11)8-17/h3-4,6,10-11,16-17H,1-2,5,7-8H2/t10-,11-/m1/s1. The van der Waals surface area contributed by atoms with Gasteiger partial charge in [0.2, 0.25) is 0 Å². The third kappa shape index (κ3) is 3.14. The van der Waals surface area contributed by atoms with Gasteiger partial charge in [-0.05, 0) is 43.0 Å². The van der Waals surface area contributed by atoms with Crippen molar-refractivity contribution in [3.63, 3.8) is 0 Å². The van der Waals surface area contributed by atoms with Crippen LogP contribution in [0.1, 0.15) is 24.3 Å². The van der Waals surface area contributed by atoms with Crippen LogP contribution in [0.25, 0.3) is 0 Å². The number of nitrogens with one attached hydrogen (secondary N) is 1. The molecule has 1 aliphatic heterocycles. The summed E-state index contributed by atoms with van der Waals surface area (Å²) < 4.78 is 0. The van der Waals surface area contributed by atoms with Crippen molar-refractivity contribution < 1.29 is 5.11 Å². The summed E-state index contributed by atoms with van der Waals surface area (Å²) in [6.45, 7) is 2.14. The lowest BCUT2D eigenvalue weighted by molar-refractivity contribution is 0.200. The van der Waals surface area contributed by atoms with Gasteiger partial charge in [-0.1, -0.05) is 29.3 Å². The average molecular weight is 274 g/mol. The molecule has 94 valence electrons. The maximum absolute atomic E-state index is 9.48. The Hall–Kier alpha value is -0.280. The smallest absolute Gasteiger partial charge is 0.0595 e. The van der Waals surface area contributed by atoms with Gasteiger partial charge in [0.1, 0.15) is 0 Å². The second-order valence-corrected chi connectivity index (χ2v) is 5.38. The van der Waals surface area contributed by atoms with E-state index in [1.54, 1.807) is 0 Å². The number of hydrogen-bond donors (Lipinski definition) is 2. The van der Waals surface area contributed by atoms with Crippen LogP contribution in [0.4, 0.5) is 0 Å². The highest BCUT2D eigenvalue weighted by Crippen LogP contribution is 2.32. The second kappa shape index (κ2) is 6.05. The molecule has 0 spiro atoms. The third-order valence-corrected chi connectivity index (χ3v) is 4.21. The number of rotatable bonds is 2. The van der Waals surface area contributed by atoms with E-state index in [4.69, 9.17) is 23.2 Å². The highest BCUT2D eigenvalue weighted by molar-refractivity contribution is 6.42. The normalized spacial score (nSPS) is 25.6. The van der Waals surface area contributed by atoms with Crippen molar-refractivity contribution in [1.82, 2.24) is 5.32 Å². The zero-order valence-corrected chi connectivity index (χ0v) is 11.1. The molecule has 0 radical (unpaired) electrons. The zero-order valence-electron chi connectivity index (χ0n) is 9.63. The first-order chi connectivity index (χ1) is 8.22. The molecule has 0 bridgehead atoms. The van der Waals surface area contributed by atoms with Crippen molar-refractivity contribution in [3.8, 4) is 0 Å². The van der Waals surface area contributed by atoms with Crippen LogP contribution in [0.2, 0.25) is 10.0 Å². The van der Waals surface area contributed by atoms with Crippen molar-refractivity contribution in [1.29, 1.82) is 0 Å². The number of aliphatic hydroxyl groups is 1. The van der Waals surface area contributed by atoms with Gasteiger partial charge >= 0.3 is 0 Å².